The Morgan fingerprint density at radius 2 is 1.52 bits per heavy atom. The standard InChI is InChI=1S/C9H12O.C7H8O3S/c1-3-8-4-6-9(10-2)7-5-8;1-6-2-4-7(5-3-6)11(8,9)10/h4-7H,3H2,1-2H3;2-5H,1H3,(H,8,9,10). The van der Waals surface area contributed by atoms with Gasteiger partial charge in [0.25, 0.3) is 10.1 Å². The van der Waals surface area contributed by atoms with Crippen molar-refractivity contribution in [2.24, 2.45) is 0 Å². The second kappa shape index (κ2) is 7.81. The van der Waals surface area contributed by atoms with Crippen molar-refractivity contribution in [3.8, 4) is 5.75 Å². The Bertz CT molecular complexity index is 621. The Morgan fingerprint density at radius 1 is 1.00 bits per heavy atom. The molecule has 2 aromatic rings. The summed E-state index contributed by atoms with van der Waals surface area (Å²) in [6.45, 7) is 3.98. The van der Waals surface area contributed by atoms with Crippen LogP contribution < -0.4 is 4.74 Å². The lowest BCUT2D eigenvalue weighted by Crippen LogP contribution is -1.96. The Kier molecular flexibility index (Phi) is 6.39. The number of aryl methyl sites for hydroxylation is 2. The van der Waals surface area contributed by atoms with Crippen molar-refractivity contribution in [2.45, 2.75) is 25.2 Å². The molecule has 2 rings (SSSR count). The number of hydrogen-bond acceptors (Lipinski definition) is 3. The Hall–Kier alpha value is -1.85. The maximum absolute atomic E-state index is 10.5. The topological polar surface area (TPSA) is 63.6 Å². The third kappa shape index (κ3) is 5.97. The van der Waals surface area contributed by atoms with Gasteiger partial charge in [0.2, 0.25) is 0 Å². The van der Waals surface area contributed by atoms with Crippen LogP contribution in [0.15, 0.2) is 53.4 Å². The molecule has 21 heavy (non-hydrogen) atoms. The van der Waals surface area contributed by atoms with Gasteiger partial charge in [0.1, 0.15) is 5.75 Å². The zero-order chi connectivity index (χ0) is 15.9. The smallest absolute Gasteiger partial charge is 0.294 e. The summed E-state index contributed by atoms with van der Waals surface area (Å²) in [6.07, 6.45) is 1.09. The van der Waals surface area contributed by atoms with E-state index in [-0.39, 0.29) is 4.90 Å². The summed E-state index contributed by atoms with van der Waals surface area (Å²) in [7, 11) is -2.34. The van der Waals surface area contributed by atoms with Gasteiger partial charge in [-0.15, -0.1) is 0 Å². The third-order valence-electron chi connectivity index (χ3n) is 2.89. The zero-order valence-corrected chi connectivity index (χ0v) is 13.2. The summed E-state index contributed by atoms with van der Waals surface area (Å²) >= 11 is 0. The monoisotopic (exact) mass is 308 g/mol. The predicted octanol–water partition coefficient (Wildman–Crippen LogP) is 3.50. The van der Waals surface area contributed by atoms with E-state index >= 15 is 0 Å². The van der Waals surface area contributed by atoms with Crippen LogP contribution in [0.4, 0.5) is 0 Å². The number of hydrogen-bond donors (Lipinski definition) is 1. The molecule has 0 aliphatic rings. The fraction of sp³-hybridized carbons (Fsp3) is 0.250. The Morgan fingerprint density at radius 3 is 1.90 bits per heavy atom. The van der Waals surface area contributed by atoms with Crippen molar-refractivity contribution in [3.05, 3.63) is 59.7 Å². The van der Waals surface area contributed by atoms with Crippen LogP contribution in [0.5, 0.6) is 5.75 Å². The molecule has 2 aromatic carbocycles. The van der Waals surface area contributed by atoms with Crippen LogP contribution in [0, 0.1) is 6.92 Å². The minimum atomic E-state index is -4.02. The van der Waals surface area contributed by atoms with Crippen molar-refractivity contribution in [1.29, 1.82) is 0 Å². The first-order valence-electron chi connectivity index (χ1n) is 6.54. The van der Waals surface area contributed by atoms with Gasteiger partial charge in [0.05, 0.1) is 12.0 Å². The largest absolute Gasteiger partial charge is 0.497 e. The van der Waals surface area contributed by atoms with E-state index in [9.17, 15) is 8.42 Å². The summed E-state index contributed by atoms with van der Waals surface area (Å²) in [5.41, 5.74) is 2.30. The molecule has 0 radical (unpaired) electrons. The molecule has 0 atom stereocenters. The molecule has 0 spiro atoms. The van der Waals surface area contributed by atoms with E-state index in [0.717, 1.165) is 17.7 Å². The first kappa shape index (κ1) is 17.2. The molecule has 114 valence electrons. The van der Waals surface area contributed by atoms with E-state index in [1.54, 1.807) is 19.2 Å². The summed E-state index contributed by atoms with van der Waals surface area (Å²) in [6, 6.07) is 14.1. The van der Waals surface area contributed by atoms with Crippen molar-refractivity contribution in [1.82, 2.24) is 0 Å². The summed E-state index contributed by atoms with van der Waals surface area (Å²) in [5, 5.41) is 0. The van der Waals surface area contributed by atoms with Gasteiger partial charge in [-0.2, -0.15) is 8.42 Å². The van der Waals surface area contributed by atoms with Crippen molar-refractivity contribution < 1.29 is 17.7 Å². The van der Waals surface area contributed by atoms with E-state index in [1.807, 2.05) is 19.1 Å². The fourth-order valence-corrected chi connectivity index (χ4v) is 2.05. The van der Waals surface area contributed by atoms with Crippen LogP contribution in [0.25, 0.3) is 0 Å². The normalized spacial score (nSPS) is 10.5. The molecule has 0 bridgehead atoms. The lowest BCUT2D eigenvalue weighted by atomic mass is 10.2. The van der Waals surface area contributed by atoms with Crippen molar-refractivity contribution in [3.63, 3.8) is 0 Å². The van der Waals surface area contributed by atoms with Crippen LogP contribution in [0.2, 0.25) is 0 Å². The van der Waals surface area contributed by atoms with Gasteiger partial charge in [-0.3, -0.25) is 4.55 Å². The summed E-state index contributed by atoms with van der Waals surface area (Å²) < 4.78 is 34.6. The van der Waals surface area contributed by atoms with Gasteiger partial charge in [-0.25, -0.2) is 0 Å². The van der Waals surface area contributed by atoms with Crippen LogP contribution in [0.1, 0.15) is 18.1 Å². The molecule has 0 amide bonds. The molecule has 0 saturated heterocycles. The SMILES string of the molecule is CCc1ccc(OC)cc1.Cc1ccc(S(=O)(=O)O)cc1. The fourth-order valence-electron chi connectivity index (χ4n) is 1.57. The highest BCUT2D eigenvalue weighted by molar-refractivity contribution is 7.85. The molecule has 0 saturated carbocycles. The Balaban J connectivity index is 0.000000211. The Labute approximate surface area is 126 Å². The molecule has 0 heterocycles. The van der Waals surface area contributed by atoms with Crippen molar-refractivity contribution in [2.75, 3.05) is 7.11 Å². The summed E-state index contributed by atoms with van der Waals surface area (Å²) in [5.74, 6) is 0.928. The molecule has 0 fully saturated rings. The molecule has 0 aromatic heterocycles. The number of methoxy groups -OCH3 is 1. The lowest BCUT2D eigenvalue weighted by Gasteiger charge is -1.99. The molecular weight excluding hydrogens is 288 g/mol. The highest BCUT2D eigenvalue weighted by Crippen LogP contribution is 2.11. The summed E-state index contributed by atoms with van der Waals surface area (Å²) in [4.78, 5) is -0.0666. The van der Waals surface area contributed by atoms with Gasteiger partial charge >= 0.3 is 0 Å². The molecule has 1 N–H and O–H groups in total. The van der Waals surface area contributed by atoms with E-state index in [1.165, 1.54) is 17.7 Å². The second-order valence-corrected chi connectivity index (χ2v) is 5.91. The average molecular weight is 308 g/mol. The van der Waals surface area contributed by atoms with Gasteiger partial charge < -0.3 is 4.74 Å². The first-order chi connectivity index (χ1) is 9.86. The zero-order valence-electron chi connectivity index (χ0n) is 12.4. The van der Waals surface area contributed by atoms with Gasteiger partial charge in [-0.1, -0.05) is 36.8 Å². The minimum absolute atomic E-state index is 0.0666. The molecule has 0 aliphatic heterocycles. The van der Waals surface area contributed by atoms with Crippen molar-refractivity contribution >= 4 is 10.1 Å². The number of benzene rings is 2. The molecule has 5 heteroatoms. The molecular formula is C16H20O4S. The molecule has 0 aliphatic carbocycles. The van der Waals surface area contributed by atoms with E-state index in [2.05, 4.69) is 19.1 Å². The quantitative estimate of drug-likeness (QED) is 0.881. The van der Waals surface area contributed by atoms with E-state index in [4.69, 9.17) is 9.29 Å². The van der Waals surface area contributed by atoms with E-state index < -0.39 is 10.1 Å². The third-order valence-corrected chi connectivity index (χ3v) is 3.75. The van der Waals surface area contributed by atoms with Crippen LogP contribution in [-0.2, 0) is 16.5 Å². The van der Waals surface area contributed by atoms with E-state index in [0.29, 0.717) is 0 Å². The van der Waals surface area contributed by atoms with Crippen LogP contribution >= 0.6 is 0 Å². The van der Waals surface area contributed by atoms with Gasteiger partial charge in [-0.05, 0) is 43.2 Å². The minimum Gasteiger partial charge on any atom is -0.497 e. The number of rotatable bonds is 3. The first-order valence-corrected chi connectivity index (χ1v) is 7.98. The maximum Gasteiger partial charge on any atom is 0.294 e. The highest BCUT2D eigenvalue weighted by Gasteiger charge is 2.06. The molecule has 4 nitrogen and oxygen atoms in total. The highest BCUT2D eigenvalue weighted by atomic mass is 32.2. The van der Waals surface area contributed by atoms with Crippen LogP contribution in [0.3, 0.4) is 0 Å². The average Bonchev–Trinajstić information content (AvgIpc) is 2.47. The lowest BCUT2D eigenvalue weighted by molar-refractivity contribution is 0.414. The van der Waals surface area contributed by atoms with Gasteiger partial charge in [0.15, 0.2) is 0 Å². The van der Waals surface area contributed by atoms with Crippen LogP contribution in [-0.4, -0.2) is 20.1 Å². The maximum atomic E-state index is 10.5. The van der Waals surface area contributed by atoms with Gasteiger partial charge in [0, 0.05) is 0 Å². The number of ether oxygens (including phenoxy) is 1. The second-order valence-electron chi connectivity index (χ2n) is 4.49. The predicted molar refractivity (Wildman–Crippen MR) is 83.4 cm³/mol. The molecule has 0 unspecified atom stereocenters.